The normalized spacial score (nSPS) is 12.8. The highest BCUT2D eigenvalue weighted by Crippen LogP contribution is 2.29. The first-order valence-corrected chi connectivity index (χ1v) is 8.17. The van der Waals surface area contributed by atoms with Gasteiger partial charge in [-0.1, -0.05) is 22.9 Å². The lowest BCUT2D eigenvalue weighted by Crippen LogP contribution is -2.22. The molecule has 0 spiro atoms. The van der Waals surface area contributed by atoms with Gasteiger partial charge in [0.15, 0.2) is 0 Å². The second-order valence-electron chi connectivity index (χ2n) is 5.24. The van der Waals surface area contributed by atoms with Crippen molar-refractivity contribution in [3.63, 3.8) is 0 Å². The number of rotatable bonds is 9. The fourth-order valence-corrected chi connectivity index (χ4v) is 2.48. The summed E-state index contributed by atoms with van der Waals surface area (Å²) in [6.07, 6.45) is 3.40. The molecule has 0 bridgehead atoms. The zero-order chi connectivity index (χ0) is 15.0. The van der Waals surface area contributed by atoms with Crippen molar-refractivity contribution in [2.45, 2.75) is 52.2 Å². The SMILES string of the molecule is CCC(NCCCCOC(C)C)c1cc(Br)ccc1O. The van der Waals surface area contributed by atoms with Crippen LogP contribution in [0, 0.1) is 0 Å². The summed E-state index contributed by atoms with van der Waals surface area (Å²) < 4.78 is 6.52. The highest BCUT2D eigenvalue weighted by atomic mass is 79.9. The summed E-state index contributed by atoms with van der Waals surface area (Å²) in [4.78, 5) is 0. The molecule has 0 aliphatic rings. The van der Waals surface area contributed by atoms with Gasteiger partial charge < -0.3 is 15.2 Å². The van der Waals surface area contributed by atoms with Crippen molar-refractivity contribution < 1.29 is 9.84 Å². The maximum Gasteiger partial charge on any atom is 0.120 e. The van der Waals surface area contributed by atoms with Crippen molar-refractivity contribution in [1.29, 1.82) is 0 Å². The molecular weight excluding hydrogens is 318 g/mol. The van der Waals surface area contributed by atoms with Gasteiger partial charge in [0.1, 0.15) is 5.75 Å². The first kappa shape index (κ1) is 17.5. The quantitative estimate of drug-likeness (QED) is 0.653. The smallest absolute Gasteiger partial charge is 0.120 e. The number of hydrogen-bond donors (Lipinski definition) is 2. The molecule has 0 heterocycles. The van der Waals surface area contributed by atoms with Gasteiger partial charge in [-0.15, -0.1) is 0 Å². The Kier molecular flexibility index (Phi) is 8.19. The van der Waals surface area contributed by atoms with Gasteiger partial charge in [0.05, 0.1) is 6.10 Å². The summed E-state index contributed by atoms with van der Waals surface area (Å²) >= 11 is 3.45. The number of aromatic hydroxyl groups is 1. The number of ether oxygens (including phenoxy) is 1. The fourth-order valence-electron chi connectivity index (χ4n) is 2.10. The summed E-state index contributed by atoms with van der Waals surface area (Å²) in [6, 6.07) is 5.77. The maximum atomic E-state index is 9.96. The predicted octanol–water partition coefficient (Wildman–Crippen LogP) is 4.40. The van der Waals surface area contributed by atoms with Gasteiger partial charge >= 0.3 is 0 Å². The van der Waals surface area contributed by atoms with E-state index in [0.717, 1.165) is 42.5 Å². The second-order valence-corrected chi connectivity index (χ2v) is 6.16. The Labute approximate surface area is 130 Å². The number of halogens is 1. The molecule has 1 rings (SSSR count). The number of benzene rings is 1. The van der Waals surface area contributed by atoms with Gasteiger partial charge in [-0.2, -0.15) is 0 Å². The van der Waals surface area contributed by atoms with Crippen LogP contribution in [0.15, 0.2) is 22.7 Å². The van der Waals surface area contributed by atoms with E-state index in [1.54, 1.807) is 6.07 Å². The molecule has 0 aliphatic carbocycles. The van der Waals surface area contributed by atoms with Crippen molar-refractivity contribution in [2.24, 2.45) is 0 Å². The highest BCUT2D eigenvalue weighted by molar-refractivity contribution is 9.10. The van der Waals surface area contributed by atoms with Crippen LogP contribution in [-0.4, -0.2) is 24.4 Å². The van der Waals surface area contributed by atoms with Crippen molar-refractivity contribution in [1.82, 2.24) is 5.32 Å². The monoisotopic (exact) mass is 343 g/mol. The zero-order valence-corrected chi connectivity index (χ0v) is 14.2. The van der Waals surface area contributed by atoms with Crippen LogP contribution in [-0.2, 0) is 4.74 Å². The summed E-state index contributed by atoms with van der Waals surface area (Å²) in [5.74, 6) is 0.357. The molecule has 3 nitrogen and oxygen atoms in total. The van der Waals surface area contributed by atoms with Crippen molar-refractivity contribution in [3.05, 3.63) is 28.2 Å². The van der Waals surface area contributed by atoms with Gasteiger partial charge in [-0.25, -0.2) is 0 Å². The van der Waals surface area contributed by atoms with E-state index in [1.807, 2.05) is 12.1 Å². The lowest BCUT2D eigenvalue weighted by atomic mass is 10.0. The van der Waals surface area contributed by atoms with Crippen LogP contribution in [0.25, 0.3) is 0 Å². The molecule has 0 radical (unpaired) electrons. The maximum absolute atomic E-state index is 9.96. The minimum atomic E-state index is 0.193. The average Bonchev–Trinajstić information content (AvgIpc) is 2.41. The van der Waals surface area contributed by atoms with Crippen molar-refractivity contribution in [3.8, 4) is 5.75 Å². The molecule has 0 aliphatic heterocycles. The summed E-state index contributed by atoms with van der Waals surface area (Å²) in [7, 11) is 0. The average molecular weight is 344 g/mol. The first-order valence-electron chi connectivity index (χ1n) is 7.38. The minimum absolute atomic E-state index is 0.193. The van der Waals surface area contributed by atoms with Crippen LogP contribution < -0.4 is 5.32 Å². The van der Waals surface area contributed by atoms with Crippen LogP contribution in [0.3, 0.4) is 0 Å². The van der Waals surface area contributed by atoms with E-state index in [1.165, 1.54) is 0 Å². The van der Waals surface area contributed by atoms with Crippen LogP contribution in [0.4, 0.5) is 0 Å². The van der Waals surface area contributed by atoms with Crippen LogP contribution in [0.1, 0.15) is 51.6 Å². The summed E-state index contributed by atoms with van der Waals surface area (Å²) in [5.41, 5.74) is 0.959. The van der Waals surface area contributed by atoms with Crippen LogP contribution in [0.2, 0.25) is 0 Å². The molecule has 20 heavy (non-hydrogen) atoms. The van der Waals surface area contributed by atoms with E-state index < -0.39 is 0 Å². The topological polar surface area (TPSA) is 41.5 Å². The largest absolute Gasteiger partial charge is 0.508 e. The molecule has 0 fully saturated rings. The zero-order valence-electron chi connectivity index (χ0n) is 12.7. The first-order chi connectivity index (χ1) is 9.54. The summed E-state index contributed by atoms with van der Waals surface area (Å²) in [5, 5.41) is 13.5. The number of hydrogen-bond acceptors (Lipinski definition) is 3. The molecule has 1 unspecified atom stereocenters. The van der Waals surface area contributed by atoms with Gasteiger partial charge in [-0.3, -0.25) is 0 Å². The Bertz CT molecular complexity index is 396. The Morgan fingerprint density at radius 3 is 2.70 bits per heavy atom. The number of nitrogens with one attached hydrogen (secondary N) is 1. The molecule has 0 amide bonds. The molecular formula is C16H26BrNO2. The van der Waals surface area contributed by atoms with Gasteiger partial charge in [0.2, 0.25) is 0 Å². The lowest BCUT2D eigenvalue weighted by Gasteiger charge is -2.19. The number of unbranched alkanes of at least 4 members (excludes halogenated alkanes) is 1. The molecule has 1 aromatic rings. The Balaban J connectivity index is 2.38. The summed E-state index contributed by atoms with van der Waals surface area (Å²) in [6.45, 7) is 7.99. The van der Waals surface area contributed by atoms with E-state index in [0.29, 0.717) is 11.9 Å². The lowest BCUT2D eigenvalue weighted by molar-refractivity contribution is 0.0759. The van der Waals surface area contributed by atoms with Crippen LogP contribution >= 0.6 is 15.9 Å². The third-order valence-electron chi connectivity index (χ3n) is 3.19. The van der Waals surface area contributed by atoms with Gasteiger partial charge in [0.25, 0.3) is 0 Å². The predicted molar refractivity (Wildman–Crippen MR) is 87.2 cm³/mol. The Hall–Kier alpha value is -0.580. The van der Waals surface area contributed by atoms with Crippen molar-refractivity contribution in [2.75, 3.05) is 13.2 Å². The van der Waals surface area contributed by atoms with Crippen molar-refractivity contribution >= 4 is 15.9 Å². The molecule has 2 N–H and O–H groups in total. The third kappa shape index (κ3) is 6.25. The third-order valence-corrected chi connectivity index (χ3v) is 3.68. The van der Waals surface area contributed by atoms with Crippen LogP contribution in [0.5, 0.6) is 5.75 Å². The Morgan fingerprint density at radius 2 is 2.05 bits per heavy atom. The molecule has 0 aromatic heterocycles. The Morgan fingerprint density at radius 1 is 1.30 bits per heavy atom. The van der Waals surface area contributed by atoms with E-state index in [9.17, 15) is 5.11 Å². The molecule has 0 saturated carbocycles. The fraction of sp³-hybridized carbons (Fsp3) is 0.625. The molecule has 4 heteroatoms. The molecule has 0 saturated heterocycles. The van der Waals surface area contributed by atoms with E-state index in [4.69, 9.17) is 4.74 Å². The van der Waals surface area contributed by atoms with E-state index >= 15 is 0 Å². The van der Waals surface area contributed by atoms with Gasteiger partial charge in [-0.05, 0) is 57.9 Å². The number of phenolic OH excluding ortho intramolecular Hbond substituents is 1. The minimum Gasteiger partial charge on any atom is -0.508 e. The second kappa shape index (κ2) is 9.37. The van der Waals surface area contributed by atoms with Gasteiger partial charge in [0, 0.05) is 22.7 Å². The molecule has 114 valence electrons. The van der Waals surface area contributed by atoms with E-state index in [-0.39, 0.29) is 6.04 Å². The van der Waals surface area contributed by atoms with E-state index in [2.05, 4.69) is 42.0 Å². The highest BCUT2D eigenvalue weighted by Gasteiger charge is 2.13. The number of phenols is 1. The standard InChI is InChI=1S/C16H26BrNO2/c1-4-15(14-11-13(17)7-8-16(14)19)18-9-5-6-10-20-12(2)3/h7-8,11-12,15,18-19H,4-6,9-10H2,1-3H3. The molecule has 1 atom stereocenters. The molecule has 1 aromatic carbocycles.